The van der Waals surface area contributed by atoms with Gasteiger partial charge in [0.15, 0.2) is 0 Å². The fraction of sp³-hybridized carbons (Fsp3) is 0.455. The van der Waals surface area contributed by atoms with E-state index in [1.165, 1.54) is 21.7 Å². The molecule has 2 bridgehead atoms. The van der Waals surface area contributed by atoms with Gasteiger partial charge in [0.1, 0.15) is 11.5 Å². The van der Waals surface area contributed by atoms with Crippen LogP contribution in [0.4, 0.5) is 4.79 Å². The third-order valence-corrected chi connectivity index (χ3v) is 4.15. The number of thiazole rings is 1. The fourth-order valence-corrected chi connectivity index (χ4v) is 3.05. The summed E-state index contributed by atoms with van der Waals surface area (Å²) in [6.45, 7) is 0.404. The Balaban J connectivity index is 1.79. The van der Waals surface area contributed by atoms with Gasteiger partial charge >= 0.3 is 6.03 Å². The van der Waals surface area contributed by atoms with Crippen LogP contribution in [0.3, 0.4) is 0 Å². The van der Waals surface area contributed by atoms with Crippen molar-refractivity contribution < 1.29 is 14.8 Å². The molecule has 1 aromatic rings. The molecule has 8 nitrogen and oxygen atoms in total. The molecule has 3 heterocycles. The first-order chi connectivity index (χ1) is 9.58. The average Bonchev–Trinajstić information content (AvgIpc) is 3.04. The summed E-state index contributed by atoms with van der Waals surface area (Å²) < 4.78 is 0. The number of urea groups is 1. The van der Waals surface area contributed by atoms with Gasteiger partial charge < -0.3 is 10.6 Å². The number of nitrogens with zero attached hydrogens (tertiary/aromatic N) is 4. The van der Waals surface area contributed by atoms with E-state index in [2.05, 4.69) is 9.98 Å². The van der Waals surface area contributed by atoms with E-state index >= 15 is 0 Å². The Morgan fingerprint density at radius 2 is 2.35 bits per heavy atom. The average molecular weight is 295 g/mol. The van der Waals surface area contributed by atoms with Crippen molar-refractivity contribution in [2.24, 2.45) is 10.7 Å². The second kappa shape index (κ2) is 4.84. The van der Waals surface area contributed by atoms with Gasteiger partial charge in [0.2, 0.25) is 0 Å². The molecule has 0 aliphatic carbocycles. The van der Waals surface area contributed by atoms with E-state index in [4.69, 9.17) is 5.73 Å². The maximum Gasteiger partial charge on any atom is 0.344 e. The third-order valence-electron chi connectivity index (χ3n) is 3.57. The minimum Gasteiger partial charge on any atom is -0.385 e. The van der Waals surface area contributed by atoms with Crippen molar-refractivity contribution in [2.75, 3.05) is 6.54 Å². The van der Waals surface area contributed by atoms with Crippen LogP contribution in [0.15, 0.2) is 15.9 Å². The minimum absolute atomic E-state index is 0.0881. The summed E-state index contributed by atoms with van der Waals surface area (Å²) >= 11 is 1.30. The smallest absolute Gasteiger partial charge is 0.344 e. The molecule has 0 radical (unpaired) electrons. The lowest BCUT2D eigenvalue weighted by molar-refractivity contribution is -0.0583. The van der Waals surface area contributed by atoms with Crippen molar-refractivity contribution in [3.8, 4) is 0 Å². The molecular formula is C11H13N5O3S. The Bertz CT molecular complexity index is 573. The summed E-state index contributed by atoms with van der Waals surface area (Å²) in [5, 5.41) is 11.9. The normalized spacial score (nSPS) is 26.2. The molecule has 9 heteroatoms. The van der Waals surface area contributed by atoms with Gasteiger partial charge in [-0.05, 0) is 12.8 Å². The van der Waals surface area contributed by atoms with Crippen LogP contribution in [0, 0.1) is 0 Å². The van der Waals surface area contributed by atoms with E-state index in [9.17, 15) is 14.8 Å². The third kappa shape index (κ3) is 2.04. The van der Waals surface area contributed by atoms with Gasteiger partial charge in [-0.2, -0.15) is 4.99 Å². The number of amidine groups is 1. The largest absolute Gasteiger partial charge is 0.385 e. The van der Waals surface area contributed by atoms with E-state index in [1.54, 1.807) is 5.38 Å². The summed E-state index contributed by atoms with van der Waals surface area (Å²) in [6.07, 6.45) is 1.21. The predicted octanol–water partition coefficient (Wildman–Crippen LogP) is 0.298. The molecule has 0 aromatic carbocycles. The van der Waals surface area contributed by atoms with Crippen molar-refractivity contribution in [1.82, 2.24) is 14.9 Å². The van der Waals surface area contributed by atoms with Crippen LogP contribution in [-0.2, 0) is 0 Å². The highest BCUT2D eigenvalue weighted by molar-refractivity contribution is 7.07. The van der Waals surface area contributed by atoms with Gasteiger partial charge in [0.05, 0.1) is 17.6 Å². The molecule has 20 heavy (non-hydrogen) atoms. The lowest BCUT2D eigenvalue weighted by Gasteiger charge is -2.29. The maximum absolute atomic E-state index is 11.8. The van der Waals surface area contributed by atoms with Gasteiger partial charge in [0.25, 0.3) is 5.91 Å². The topological polar surface area (TPSA) is 112 Å². The zero-order valence-corrected chi connectivity index (χ0v) is 11.3. The molecule has 2 saturated heterocycles. The fourth-order valence-electron chi connectivity index (χ4n) is 2.53. The van der Waals surface area contributed by atoms with Crippen molar-refractivity contribution in [2.45, 2.75) is 24.9 Å². The highest BCUT2D eigenvalue weighted by Crippen LogP contribution is 2.28. The Morgan fingerprint density at radius 1 is 1.55 bits per heavy atom. The summed E-state index contributed by atoms with van der Waals surface area (Å²) in [6, 6.07) is -1.13. The second-order valence-electron chi connectivity index (χ2n) is 4.74. The lowest BCUT2D eigenvalue weighted by Crippen LogP contribution is -2.48. The molecule has 106 valence electrons. The Kier molecular flexibility index (Phi) is 3.14. The summed E-state index contributed by atoms with van der Waals surface area (Å²) in [5.74, 6) is -0.427. The number of piperidine rings is 1. The monoisotopic (exact) mass is 295 g/mol. The first-order valence-electron chi connectivity index (χ1n) is 6.13. The molecule has 3 rings (SSSR count). The Hall–Kier alpha value is -2.00. The molecule has 2 aliphatic heterocycles. The van der Waals surface area contributed by atoms with Crippen LogP contribution < -0.4 is 5.73 Å². The molecule has 0 spiro atoms. The molecule has 0 saturated carbocycles. The summed E-state index contributed by atoms with van der Waals surface area (Å²) in [5.41, 5.74) is 7.64. The quantitative estimate of drug-likeness (QED) is 0.463. The minimum atomic E-state index is -0.515. The first kappa shape index (κ1) is 13.0. The van der Waals surface area contributed by atoms with E-state index in [0.29, 0.717) is 19.4 Å². The Morgan fingerprint density at radius 3 is 3.05 bits per heavy atom. The number of aliphatic imine (C=N–C) groups is 1. The van der Waals surface area contributed by atoms with Crippen LogP contribution in [0.1, 0.15) is 23.3 Å². The second-order valence-corrected chi connectivity index (χ2v) is 5.46. The number of hydroxylamine groups is 2. The van der Waals surface area contributed by atoms with Gasteiger partial charge in [-0.3, -0.25) is 10.0 Å². The zero-order chi connectivity index (χ0) is 14.3. The van der Waals surface area contributed by atoms with Crippen molar-refractivity contribution in [1.29, 1.82) is 0 Å². The molecule has 0 unspecified atom stereocenters. The standard InChI is InChI=1S/C11H13N5O3S/c12-9(14-10(17)7-4-20-5-13-7)8-2-1-6-3-15(8)11(18)16(6)19/h4-6,8,19H,1-3H2,(H2,12,14,17)/t6-,8+/m1/s1. The van der Waals surface area contributed by atoms with Crippen molar-refractivity contribution in [3.05, 3.63) is 16.6 Å². The number of aromatic nitrogens is 1. The summed E-state index contributed by atoms with van der Waals surface area (Å²) in [4.78, 5) is 32.8. The molecule has 2 aliphatic rings. The number of rotatable bonds is 2. The van der Waals surface area contributed by atoms with Crippen molar-refractivity contribution >= 4 is 29.1 Å². The van der Waals surface area contributed by atoms with Crippen LogP contribution in [-0.4, -0.2) is 56.6 Å². The SMILES string of the molecule is NC(=NC(=O)c1cscn1)[C@@H]1CC[C@@H]2CN1C(=O)N2O. The van der Waals surface area contributed by atoms with Gasteiger partial charge in [-0.15, -0.1) is 11.3 Å². The highest BCUT2D eigenvalue weighted by atomic mass is 32.1. The molecule has 1 aromatic heterocycles. The zero-order valence-electron chi connectivity index (χ0n) is 10.5. The van der Waals surface area contributed by atoms with Crippen LogP contribution >= 0.6 is 11.3 Å². The number of nitrogens with two attached hydrogens (primary N) is 1. The van der Waals surface area contributed by atoms with Gasteiger partial charge in [-0.25, -0.2) is 14.8 Å². The lowest BCUT2D eigenvalue weighted by atomic mass is 10.0. The molecule has 3 amide bonds. The van der Waals surface area contributed by atoms with E-state index in [0.717, 1.165) is 5.06 Å². The number of fused-ring (bicyclic) bond motifs is 2. The van der Waals surface area contributed by atoms with Crippen molar-refractivity contribution in [3.63, 3.8) is 0 Å². The van der Waals surface area contributed by atoms with E-state index in [-0.39, 0.29) is 17.6 Å². The number of hydrogen-bond donors (Lipinski definition) is 2. The van der Waals surface area contributed by atoms with E-state index in [1.807, 2.05) is 0 Å². The number of carbonyl (C=O) groups excluding carboxylic acids is 2. The van der Waals surface area contributed by atoms with Gasteiger partial charge in [0, 0.05) is 11.9 Å². The first-order valence-corrected chi connectivity index (χ1v) is 7.07. The highest BCUT2D eigenvalue weighted by Gasteiger charge is 2.45. The predicted molar refractivity (Wildman–Crippen MR) is 70.6 cm³/mol. The number of hydrogen-bond acceptors (Lipinski definition) is 5. The van der Waals surface area contributed by atoms with Gasteiger partial charge in [-0.1, -0.05) is 0 Å². The Labute approximate surface area is 118 Å². The number of amides is 3. The van der Waals surface area contributed by atoms with E-state index < -0.39 is 18.0 Å². The summed E-state index contributed by atoms with van der Waals surface area (Å²) in [7, 11) is 0. The van der Waals surface area contributed by atoms with Crippen LogP contribution in [0.5, 0.6) is 0 Å². The maximum atomic E-state index is 11.8. The van der Waals surface area contributed by atoms with Crippen LogP contribution in [0.2, 0.25) is 0 Å². The molecule has 2 fully saturated rings. The molecule has 2 atom stereocenters. The molecule has 3 N–H and O–H groups in total. The van der Waals surface area contributed by atoms with Crippen LogP contribution in [0.25, 0.3) is 0 Å². The number of carbonyl (C=O) groups is 2. The molecular weight excluding hydrogens is 282 g/mol.